The standard InChI is InChI=1S/C10H8O6S2.K.H/c11-17(12,13)9-3-1-7-5-10(18(14,15)16)4-2-8(7)6-9;;/h1-6H,(H,11,12,13)(H,14,15,16);;/q;+1;-1. The van der Waals surface area contributed by atoms with E-state index in [1.807, 2.05) is 0 Å². The Hall–Kier alpha value is 0.156. The van der Waals surface area contributed by atoms with Crippen LogP contribution < -0.4 is 51.4 Å². The maximum atomic E-state index is 10.9. The van der Waals surface area contributed by atoms with Crippen LogP contribution in [0.4, 0.5) is 0 Å². The van der Waals surface area contributed by atoms with E-state index in [1.54, 1.807) is 0 Å². The monoisotopic (exact) mass is 328 g/mol. The van der Waals surface area contributed by atoms with Crippen molar-refractivity contribution in [3.05, 3.63) is 36.4 Å². The summed E-state index contributed by atoms with van der Waals surface area (Å²) in [5, 5.41) is 0.857. The molecule has 0 saturated carbocycles. The van der Waals surface area contributed by atoms with Gasteiger partial charge in [0.1, 0.15) is 0 Å². The summed E-state index contributed by atoms with van der Waals surface area (Å²) in [6, 6.07) is 7.38. The molecule has 0 fully saturated rings. The van der Waals surface area contributed by atoms with Crippen molar-refractivity contribution in [3.8, 4) is 0 Å². The van der Waals surface area contributed by atoms with Crippen LogP contribution in [0.5, 0.6) is 0 Å². The van der Waals surface area contributed by atoms with Crippen molar-refractivity contribution >= 4 is 31.0 Å². The molecule has 2 N–H and O–H groups in total. The Kier molecular flexibility index (Phi) is 5.32. The van der Waals surface area contributed by atoms with E-state index in [1.165, 1.54) is 24.3 Å². The summed E-state index contributed by atoms with van der Waals surface area (Å²) in [4.78, 5) is -0.566. The van der Waals surface area contributed by atoms with Gasteiger partial charge in [-0.25, -0.2) is 0 Å². The van der Waals surface area contributed by atoms with E-state index in [9.17, 15) is 16.8 Å². The van der Waals surface area contributed by atoms with E-state index in [2.05, 4.69) is 0 Å². The van der Waals surface area contributed by atoms with Gasteiger partial charge in [-0.15, -0.1) is 0 Å². The number of hydrogen-bond donors (Lipinski definition) is 2. The van der Waals surface area contributed by atoms with E-state index < -0.39 is 20.2 Å². The first kappa shape index (κ1) is 17.2. The molecule has 2 rings (SSSR count). The third-order valence-electron chi connectivity index (χ3n) is 2.38. The fourth-order valence-electron chi connectivity index (χ4n) is 1.52. The Bertz CT molecular complexity index is 761. The summed E-state index contributed by atoms with van der Waals surface area (Å²) in [6.07, 6.45) is 0. The quantitative estimate of drug-likeness (QED) is 0.510. The molecule has 0 amide bonds. The minimum Gasteiger partial charge on any atom is -1.00 e. The maximum absolute atomic E-state index is 10.9. The Morgan fingerprint density at radius 1 is 0.737 bits per heavy atom. The van der Waals surface area contributed by atoms with Gasteiger partial charge in [0, 0.05) is 0 Å². The molecular weight excluding hydrogens is 319 g/mol. The van der Waals surface area contributed by atoms with Crippen molar-refractivity contribution in [2.24, 2.45) is 0 Å². The summed E-state index contributed by atoms with van der Waals surface area (Å²) in [7, 11) is -8.60. The summed E-state index contributed by atoms with van der Waals surface area (Å²) in [5.41, 5.74) is 0. The van der Waals surface area contributed by atoms with Crippen LogP contribution in [0, 0.1) is 0 Å². The zero-order chi connectivity index (χ0) is 13.6. The van der Waals surface area contributed by atoms with Crippen LogP contribution in [-0.4, -0.2) is 25.9 Å². The van der Waals surface area contributed by atoms with Gasteiger partial charge in [-0.05, 0) is 35.0 Å². The fourth-order valence-corrected chi connectivity index (χ4v) is 2.55. The van der Waals surface area contributed by atoms with Gasteiger partial charge >= 0.3 is 51.4 Å². The van der Waals surface area contributed by atoms with Crippen LogP contribution in [0.15, 0.2) is 46.2 Å². The average molecular weight is 328 g/mol. The predicted octanol–water partition coefficient (Wildman–Crippen LogP) is -1.55. The molecule has 0 atom stereocenters. The third-order valence-corrected chi connectivity index (χ3v) is 4.08. The minimum absolute atomic E-state index is 0. The van der Waals surface area contributed by atoms with Crippen LogP contribution in [0.3, 0.4) is 0 Å². The summed E-state index contributed by atoms with van der Waals surface area (Å²) >= 11 is 0. The molecule has 0 unspecified atom stereocenters. The molecule has 6 nitrogen and oxygen atoms in total. The zero-order valence-corrected chi connectivity index (χ0v) is 14.6. The molecule has 2 aromatic rings. The average Bonchev–Trinajstić information content (AvgIpc) is 2.25. The second-order valence-corrected chi connectivity index (χ2v) is 6.46. The molecule has 0 aromatic heterocycles. The van der Waals surface area contributed by atoms with Crippen molar-refractivity contribution in [2.75, 3.05) is 0 Å². The SMILES string of the molecule is O=S(=O)(O)c1ccc2cc(S(=O)(=O)O)ccc2c1.[H-].[K+]. The van der Waals surface area contributed by atoms with E-state index in [0.29, 0.717) is 10.8 Å². The van der Waals surface area contributed by atoms with Crippen LogP contribution in [0.25, 0.3) is 10.8 Å². The molecule has 0 aliphatic heterocycles. The van der Waals surface area contributed by atoms with Gasteiger partial charge < -0.3 is 1.43 Å². The molecule has 0 bridgehead atoms. The molecule has 0 heterocycles. The van der Waals surface area contributed by atoms with Crippen LogP contribution in [-0.2, 0) is 20.2 Å². The Morgan fingerprint density at radius 2 is 1.05 bits per heavy atom. The molecular formula is C10H9KO6S2. The first-order chi connectivity index (χ1) is 8.18. The second-order valence-electron chi connectivity index (χ2n) is 3.62. The van der Waals surface area contributed by atoms with Gasteiger partial charge in [0.05, 0.1) is 9.79 Å². The Balaban J connectivity index is 0.00000180. The Morgan fingerprint density at radius 3 is 1.32 bits per heavy atom. The molecule has 0 aliphatic carbocycles. The van der Waals surface area contributed by atoms with Gasteiger partial charge in [0.25, 0.3) is 20.2 Å². The zero-order valence-electron chi connectivity index (χ0n) is 10.8. The van der Waals surface area contributed by atoms with Crippen molar-refractivity contribution in [1.82, 2.24) is 0 Å². The second kappa shape index (κ2) is 5.88. The van der Waals surface area contributed by atoms with Gasteiger partial charge in [-0.1, -0.05) is 12.1 Å². The summed E-state index contributed by atoms with van der Waals surface area (Å²) in [6.45, 7) is 0. The number of fused-ring (bicyclic) bond motifs is 1. The molecule has 9 heteroatoms. The predicted molar refractivity (Wildman–Crippen MR) is 64.7 cm³/mol. The first-order valence-corrected chi connectivity index (χ1v) is 7.55. The summed E-state index contributed by atoms with van der Waals surface area (Å²) in [5.74, 6) is 0. The topological polar surface area (TPSA) is 109 Å². The molecule has 0 spiro atoms. The van der Waals surface area contributed by atoms with E-state index in [0.717, 1.165) is 12.1 Å². The number of benzene rings is 2. The van der Waals surface area contributed by atoms with Crippen molar-refractivity contribution < 1.29 is 78.8 Å². The largest absolute Gasteiger partial charge is 1.00 e. The molecule has 98 valence electrons. The van der Waals surface area contributed by atoms with Crippen LogP contribution in [0.2, 0.25) is 0 Å². The molecule has 0 saturated heterocycles. The minimum atomic E-state index is -4.30. The molecule has 0 aliphatic rings. The summed E-state index contributed by atoms with van der Waals surface area (Å²) < 4.78 is 61.4. The number of rotatable bonds is 2. The van der Waals surface area contributed by atoms with E-state index >= 15 is 0 Å². The normalized spacial score (nSPS) is 12.1. The Labute approximate surface area is 154 Å². The van der Waals surface area contributed by atoms with Crippen molar-refractivity contribution in [1.29, 1.82) is 0 Å². The first-order valence-electron chi connectivity index (χ1n) is 4.67. The third kappa shape index (κ3) is 4.06. The number of hydrogen-bond acceptors (Lipinski definition) is 4. The van der Waals surface area contributed by atoms with Crippen LogP contribution >= 0.6 is 0 Å². The van der Waals surface area contributed by atoms with Crippen molar-refractivity contribution in [2.45, 2.75) is 9.79 Å². The molecule has 0 radical (unpaired) electrons. The van der Waals surface area contributed by atoms with Gasteiger partial charge in [0.15, 0.2) is 0 Å². The van der Waals surface area contributed by atoms with Crippen molar-refractivity contribution in [3.63, 3.8) is 0 Å². The fraction of sp³-hybridized carbons (Fsp3) is 0. The molecule has 19 heavy (non-hydrogen) atoms. The van der Waals surface area contributed by atoms with Gasteiger partial charge in [-0.3, -0.25) is 9.11 Å². The maximum Gasteiger partial charge on any atom is 1.00 e. The van der Waals surface area contributed by atoms with E-state index in [4.69, 9.17) is 9.11 Å². The molecule has 2 aromatic carbocycles. The van der Waals surface area contributed by atoms with Crippen LogP contribution in [0.1, 0.15) is 1.43 Å². The van der Waals surface area contributed by atoms with Gasteiger partial charge in [-0.2, -0.15) is 16.8 Å². The van der Waals surface area contributed by atoms with E-state index in [-0.39, 0.29) is 62.6 Å². The smallest absolute Gasteiger partial charge is 1.00 e. The van der Waals surface area contributed by atoms with Gasteiger partial charge in [0.2, 0.25) is 0 Å².